The van der Waals surface area contributed by atoms with Crippen LogP contribution < -0.4 is 5.73 Å². The Morgan fingerprint density at radius 2 is 1.85 bits per heavy atom. The lowest BCUT2D eigenvalue weighted by atomic mass is 10.0. The Bertz CT molecular complexity index is 525. The van der Waals surface area contributed by atoms with Gasteiger partial charge < -0.3 is 5.73 Å². The number of nitrogen functional groups attached to an aromatic ring is 1. The van der Waals surface area contributed by atoms with Gasteiger partial charge in [0, 0.05) is 11.7 Å². The molecule has 0 spiro atoms. The summed E-state index contributed by atoms with van der Waals surface area (Å²) in [5, 5.41) is 0. The Kier molecular flexibility index (Phi) is 4.42. The molecule has 0 saturated carbocycles. The maximum atomic E-state index is 12.5. The van der Waals surface area contributed by atoms with Gasteiger partial charge in [-0.3, -0.25) is 14.5 Å². The molecular weight excluding hydrogens is 252 g/mol. The first-order valence-electron chi connectivity index (χ1n) is 7.38. The Balaban J connectivity index is 2.32. The van der Waals surface area contributed by atoms with Crippen LogP contribution in [0, 0.1) is 0 Å². The van der Waals surface area contributed by atoms with Crippen LogP contribution in [0.15, 0.2) is 18.2 Å². The number of amides is 2. The molecule has 1 atom stereocenters. The lowest BCUT2D eigenvalue weighted by molar-refractivity contribution is 0.0565. The van der Waals surface area contributed by atoms with Crippen molar-refractivity contribution in [3.63, 3.8) is 0 Å². The van der Waals surface area contributed by atoms with Crippen molar-refractivity contribution in [2.24, 2.45) is 0 Å². The summed E-state index contributed by atoms with van der Waals surface area (Å²) < 4.78 is 0. The standard InChI is InChI=1S/C16H22N2O2/c1-3-5-8-11(7-4-2)18-15(19)12-9-6-10-13(17)14(12)16(18)20/h6,9-11H,3-5,7-8,17H2,1-2H3. The highest BCUT2D eigenvalue weighted by Crippen LogP contribution is 2.31. The second-order valence-electron chi connectivity index (χ2n) is 5.33. The molecule has 0 fully saturated rings. The van der Waals surface area contributed by atoms with E-state index in [-0.39, 0.29) is 17.9 Å². The average molecular weight is 274 g/mol. The van der Waals surface area contributed by atoms with E-state index in [2.05, 4.69) is 13.8 Å². The Morgan fingerprint density at radius 1 is 1.10 bits per heavy atom. The number of carbonyl (C=O) groups excluding carboxylic acids is 2. The van der Waals surface area contributed by atoms with E-state index in [1.54, 1.807) is 18.2 Å². The quantitative estimate of drug-likeness (QED) is 0.640. The van der Waals surface area contributed by atoms with Gasteiger partial charge in [0.15, 0.2) is 0 Å². The summed E-state index contributed by atoms with van der Waals surface area (Å²) in [5.41, 5.74) is 7.09. The molecule has 0 aromatic heterocycles. The smallest absolute Gasteiger partial charge is 0.263 e. The highest BCUT2D eigenvalue weighted by atomic mass is 16.2. The third kappa shape index (κ3) is 2.42. The van der Waals surface area contributed by atoms with Gasteiger partial charge in [0.2, 0.25) is 0 Å². The van der Waals surface area contributed by atoms with Crippen LogP contribution in [0.25, 0.3) is 0 Å². The molecule has 2 amide bonds. The number of rotatable bonds is 6. The van der Waals surface area contributed by atoms with Crippen molar-refractivity contribution < 1.29 is 9.59 Å². The van der Waals surface area contributed by atoms with E-state index in [0.717, 1.165) is 32.1 Å². The van der Waals surface area contributed by atoms with Crippen molar-refractivity contribution in [2.45, 2.75) is 52.0 Å². The third-order valence-electron chi connectivity index (χ3n) is 3.86. The summed E-state index contributed by atoms with van der Waals surface area (Å²) in [6.07, 6.45) is 4.76. The zero-order valence-corrected chi connectivity index (χ0v) is 12.2. The SMILES string of the molecule is CCCCC(CCC)N1C(=O)c2cccc(N)c2C1=O. The van der Waals surface area contributed by atoms with Crippen molar-refractivity contribution in [2.75, 3.05) is 5.73 Å². The summed E-state index contributed by atoms with van der Waals surface area (Å²) in [7, 11) is 0. The molecule has 0 saturated heterocycles. The fourth-order valence-electron chi connectivity index (χ4n) is 2.84. The van der Waals surface area contributed by atoms with Gasteiger partial charge in [-0.1, -0.05) is 39.2 Å². The van der Waals surface area contributed by atoms with Crippen molar-refractivity contribution >= 4 is 17.5 Å². The van der Waals surface area contributed by atoms with Crippen LogP contribution in [0.4, 0.5) is 5.69 Å². The van der Waals surface area contributed by atoms with Crippen molar-refractivity contribution in [1.82, 2.24) is 4.90 Å². The molecule has 4 heteroatoms. The molecule has 2 N–H and O–H groups in total. The van der Waals surface area contributed by atoms with E-state index in [9.17, 15) is 9.59 Å². The first-order valence-corrected chi connectivity index (χ1v) is 7.38. The number of benzene rings is 1. The minimum Gasteiger partial charge on any atom is -0.398 e. The number of anilines is 1. The molecule has 1 unspecified atom stereocenters. The molecule has 1 heterocycles. The average Bonchev–Trinajstić information content (AvgIpc) is 2.68. The summed E-state index contributed by atoms with van der Waals surface area (Å²) in [4.78, 5) is 26.5. The maximum absolute atomic E-state index is 12.5. The first kappa shape index (κ1) is 14.6. The molecular formula is C16H22N2O2. The number of imide groups is 1. The van der Waals surface area contributed by atoms with Gasteiger partial charge in [-0.25, -0.2) is 0 Å². The molecule has 1 aliphatic heterocycles. The molecule has 108 valence electrons. The van der Waals surface area contributed by atoms with Crippen LogP contribution in [0.1, 0.15) is 66.7 Å². The minimum atomic E-state index is -0.224. The molecule has 0 aliphatic carbocycles. The van der Waals surface area contributed by atoms with Gasteiger partial charge in [-0.2, -0.15) is 0 Å². The van der Waals surface area contributed by atoms with Crippen LogP contribution >= 0.6 is 0 Å². The lowest BCUT2D eigenvalue weighted by Gasteiger charge is -2.25. The van der Waals surface area contributed by atoms with Crippen molar-refractivity contribution in [1.29, 1.82) is 0 Å². The summed E-state index contributed by atoms with van der Waals surface area (Å²) in [5.74, 6) is -0.412. The number of nitrogens with zero attached hydrogens (tertiary/aromatic N) is 1. The first-order chi connectivity index (χ1) is 9.61. The van der Waals surface area contributed by atoms with Gasteiger partial charge in [0.25, 0.3) is 11.8 Å². The van der Waals surface area contributed by atoms with Crippen molar-refractivity contribution in [3.8, 4) is 0 Å². The second kappa shape index (κ2) is 6.07. The van der Waals surface area contributed by atoms with Gasteiger partial charge in [0.05, 0.1) is 11.1 Å². The predicted molar refractivity (Wildman–Crippen MR) is 79.6 cm³/mol. The van der Waals surface area contributed by atoms with Crippen LogP contribution in [0.3, 0.4) is 0 Å². The van der Waals surface area contributed by atoms with Gasteiger partial charge >= 0.3 is 0 Å². The molecule has 4 nitrogen and oxygen atoms in total. The van der Waals surface area contributed by atoms with E-state index in [1.165, 1.54) is 4.90 Å². The highest BCUT2D eigenvalue weighted by molar-refractivity contribution is 6.23. The molecule has 20 heavy (non-hydrogen) atoms. The fraction of sp³-hybridized carbons (Fsp3) is 0.500. The maximum Gasteiger partial charge on any atom is 0.263 e. The molecule has 2 rings (SSSR count). The van der Waals surface area contributed by atoms with E-state index in [4.69, 9.17) is 5.73 Å². The van der Waals surface area contributed by atoms with E-state index in [1.807, 2.05) is 0 Å². The Labute approximate surface area is 119 Å². The van der Waals surface area contributed by atoms with Gasteiger partial charge in [-0.15, -0.1) is 0 Å². The number of nitrogens with two attached hydrogens (primary N) is 1. The fourth-order valence-corrected chi connectivity index (χ4v) is 2.84. The van der Waals surface area contributed by atoms with Crippen LogP contribution in [0.5, 0.6) is 0 Å². The lowest BCUT2D eigenvalue weighted by Crippen LogP contribution is -2.39. The minimum absolute atomic E-state index is 0.00764. The van der Waals surface area contributed by atoms with Crippen LogP contribution in [0.2, 0.25) is 0 Å². The number of unbranched alkanes of at least 4 members (excludes halogenated alkanes) is 1. The molecule has 1 aliphatic rings. The normalized spacial score (nSPS) is 15.6. The zero-order valence-electron chi connectivity index (χ0n) is 12.2. The van der Waals surface area contributed by atoms with Gasteiger partial charge in [0.1, 0.15) is 0 Å². The molecule has 0 radical (unpaired) electrons. The number of fused-ring (bicyclic) bond motifs is 1. The molecule has 0 bridgehead atoms. The summed E-state index contributed by atoms with van der Waals surface area (Å²) in [6, 6.07) is 5.08. The largest absolute Gasteiger partial charge is 0.398 e. The van der Waals surface area contributed by atoms with Gasteiger partial charge in [-0.05, 0) is 25.0 Å². The van der Waals surface area contributed by atoms with Crippen LogP contribution in [-0.2, 0) is 0 Å². The number of carbonyl (C=O) groups is 2. The van der Waals surface area contributed by atoms with Crippen LogP contribution in [-0.4, -0.2) is 22.8 Å². The highest BCUT2D eigenvalue weighted by Gasteiger charge is 2.40. The topological polar surface area (TPSA) is 63.4 Å². The Morgan fingerprint density at radius 3 is 2.45 bits per heavy atom. The Hall–Kier alpha value is -1.84. The monoisotopic (exact) mass is 274 g/mol. The summed E-state index contributed by atoms with van der Waals surface area (Å²) in [6.45, 7) is 4.19. The summed E-state index contributed by atoms with van der Waals surface area (Å²) >= 11 is 0. The number of hydrogen-bond donors (Lipinski definition) is 1. The molecule has 1 aromatic rings. The third-order valence-corrected chi connectivity index (χ3v) is 3.86. The molecule has 1 aromatic carbocycles. The second-order valence-corrected chi connectivity index (χ2v) is 5.33. The zero-order chi connectivity index (χ0) is 14.7. The van der Waals surface area contributed by atoms with E-state index >= 15 is 0 Å². The number of hydrogen-bond acceptors (Lipinski definition) is 3. The van der Waals surface area contributed by atoms with E-state index in [0.29, 0.717) is 16.8 Å². The predicted octanol–water partition coefficient (Wildman–Crippen LogP) is 3.22. The van der Waals surface area contributed by atoms with Crippen molar-refractivity contribution in [3.05, 3.63) is 29.3 Å². The van der Waals surface area contributed by atoms with E-state index < -0.39 is 0 Å².